The predicted octanol–water partition coefficient (Wildman–Crippen LogP) is 2.75. The number of nitrogens with zero attached hydrogens (tertiary/aromatic N) is 2. The van der Waals surface area contributed by atoms with Crippen LogP contribution < -0.4 is 0 Å². The molecule has 0 saturated carbocycles. The van der Waals surface area contributed by atoms with E-state index in [1.54, 1.807) is 6.07 Å². The standard InChI is InChI=1S/C15H19FN2O2S/c1-10-6-11(2)12(3)18(9-10)21(19,20)14-4-5-15(16)13(7-14)8-17/h4-5,7,10-12H,6,9H2,1-3H3. The first-order chi connectivity index (χ1) is 9.77. The van der Waals surface area contributed by atoms with Gasteiger partial charge in [0.25, 0.3) is 0 Å². The second-order valence-electron chi connectivity index (χ2n) is 5.89. The summed E-state index contributed by atoms with van der Waals surface area (Å²) in [5.74, 6) is -0.161. The van der Waals surface area contributed by atoms with Gasteiger partial charge in [0.1, 0.15) is 11.9 Å². The Labute approximate surface area is 125 Å². The molecular formula is C15H19FN2O2S. The summed E-state index contributed by atoms with van der Waals surface area (Å²) < 4.78 is 40.4. The van der Waals surface area contributed by atoms with Gasteiger partial charge in [-0.2, -0.15) is 9.57 Å². The van der Waals surface area contributed by atoms with Gasteiger partial charge in [0.2, 0.25) is 10.0 Å². The Morgan fingerprint density at radius 2 is 2.00 bits per heavy atom. The van der Waals surface area contributed by atoms with Crippen LogP contribution in [-0.2, 0) is 10.0 Å². The van der Waals surface area contributed by atoms with Crippen LogP contribution in [0.5, 0.6) is 0 Å². The minimum absolute atomic E-state index is 0.0198. The smallest absolute Gasteiger partial charge is 0.207 e. The van der Waals surface area contributed by atoms with Crippen LogP contribution in [0.2, 0.25) is 0 Å². The van der Waals surface area contributed by atoms with Gasteiger partial charge >= 0.3 is 0 Å². The molecule has 1 aromatic rings. The molecule has 1 saturated heterocycles. The molecule has 0 aromatic heterocycles. The van der Waals surface area contributed by atoms with Crippen molar-refractivity contribution in [2.45, 2.75) is 38.1 Å². The summed E-state index contributed by atoms with van der Waals surface area (Å²) in [6.07, 6.45) is 0.986. The summed E-state index contributed by atoms with van der Waals surface area (Å²) in [6, 6.07) is 4.94. The molecule has 0 bridgehead atoms. The third-order valence-electron chi connectivity index (χ3n) is 4.21. The Balaban J connectivity index is 2.44. The summed E-state index contributed by atoms with van der Waals surface area (Å²) in [6.45, 7) is 6.40. The molecule has 0 aliphatic carbocycles. The summed E-state index contributed by atoms with van der Waals surface area (Å²) in [7, 11) is -3.71. The van der Waals surface area contributed by atoms with E-state index in [0.29, 0.717) is 6.54 Å². The van der Waals surface area contributed by atoms with E-state index < -0.39 is 15.8 Å². The van der Waals surface area contributed by atoms with Crippen molar-refractivity contribution in [3.05, 3.63) is 29.6 Å². The first-order valence-corrected chi connectivity index (χ1v) is 8.43. The lowest BCUT2D eigenvalue weighted by molar-refractivity contribution is 0.157. The van der Waals surface area contributed by atoms with E-state index >= 15 is 0 Å². The molecular weight excluding hydrogens is 291 g/mol. The molecule has 1 fully saturated rings. The minimum Gasteiger partial charge on any atom is -0.207 e. The molecule has 0 amide bonds. The highest BCUT2D eigenvalue weighted by Crippen LogP contribution is 2.31. The lowest BCUT2D eigenvalue weighted by Crippen LogP contribution is -2.48. The zero-order valence-electron chi connectivity index (χ0n) is 12.4. The molecule has 4 nitrogen and oxygen atoms in total. The average Bonchev–Trinajstić information content (AvgIpc) is 2.42. The maximum Gasteiger partial charge on any atom is 0.243 e. The van der Waals surface area contributed by atoms with Crippen LogP contribution in [0.1, 0.15) is 32.8 Å². The molecule has 0 N–H and O–H groups in total. The highest BCUT2D eigenvalue weighted by Gasteiger charge is 2.37. The van der Waals surface area contributed by atoms with Crippen molar-refractivity contribution < 1.29 is 12.8 Å². The van der Waals surface area contributed by atoms with Crippen molar-refractivity contribution in [1.29, 1.82) is 5.26 Å². The van der Waals surface area contributed by atoms with Gasteiger partial charge in [-0.15, -0.1) is 0 Å². The van der Waals surface area contributed by atoms with Gasteiger partial charge in [0.15, 0.2) is 0 Å². The summed E-state index contributed by atoms with van der Waals surface area (Å²) >= 11 is 0. The van der Waals surface area contributed by atoms with Gasteiger partial charge in [0.05, 0.1) is 10.5 Å². The van der Waals surface area contributed by atoms with Gasteiger partial charge in [-0.05, 0) is 43.4 Å². The van der Waals surface area contributed by atoms with E-state index in [-0.39, 0.29) is 28.3 Å². The Morgan fingerprint density at radius 3 is 2.62 bits per heavy atom. The molecule has 3 atom stereocenters. The number of benzene rings is 1. The molecule has 1 aromatic carbocycles. The fourth-order valence-electron chi connectivity index (χ4n) is 2.87. The summed E-state index contributed by atoms with van der Waals surface area (Å²) in [5.41, 5.74) is -0.248. The molecule has 1 heterocycles. The second kappa shape index (κ2) is 5.74. The largest absolute Gasteiger partial charge is 0.243 e. The lowest BCUT2D eigenvalue weighted by Gasteiger charge is -2.40. The molecule has 3 unspecified atom stereocenters. The fraction of sp³-hybridized carbons (Fsp3) is 0.533. The van der Waals surface area contributed by atoms with Crippen LogP contribution in [0.3, 0.4) is 0 Å². The molecule has 6 heteroatoms. The fourth-order valence-corrected chi connectivity index (χ4v) is 4.74. The van der Waals surface area contributed by atoms with Crippen molar-refractivity contribution in [3.8, 4) is 6.07 Å². The molecule has 0 spiro atoms. The highest BCUT2D eigenvalue weighted by molar-refractivity contribution is 7.89. The van der Waals surface area contributed by atoms with E-state index in [9.17, 15) is 12.8 Å². The Bertz CT molecular complexity index is 681. The van der Waals surface area contributed by atoms with E-state index in [2.05, 4.69) is 0 Å². The van der Waals surface area contributed by atoms with Crippen LogP contribution in [0.25, 0.3) is 0 Å². The number of sulfonamides is 1. The van der Waals surface area contributed by atoms with Crippen molar-refractivity contribution in [2.75, 3.05) is 6.54 Å². The SMILES string of the molecule is CC1CC(C)C(C)N(S(=O)(=O)c2ccc(F)c(C#N)c2)C1. The topological polar surface area (TPSA) is 61.2 Å². The van der Waals surface area contributed by atoms with E-state index in [0.717, 1.165) is 18.6 Å². The number of hydrogen-bond donors (Lipinski definition) is 0. The van der Waals surface area contributed by atoms with Gasteiger partial charge < -0.3 is 0 Å². The zero-order chi connectivity index (χ0) is 15.8. The Kier molecular flexibility index (Phi) is 4.35. The number of nitriles is 1. The summed E-state index contributed by atoms with van der Waals surface area (Å²) in [5, 5.41) is 8.86. The maximum absolute atomic E-state index is 13.4. The normalized spacial score (nSPS) is 27.3. The summed E-state index contributed by atoms with van der Waals surface area (Å²) in [4.78, 5) is -0.0198. The first kappa shape index (κ1) is 15.9. The first-order valence-electron chi connectivity index (χ1n) is 6.99. The molecule has 0 radical (unpaired) electrons. The van der Waals surface area contributed by atoms with Gasteiger partial charge in [-0.1, -0.05) is 13.8 Å². The second-order valence-corrected chi connectivity index (χ2v) is 7.78. The van der Waals surface area contributed by atoms with Gasteiger partial charge in [-0.3, -0.25) is 0 Å². The van der Waals surface area contributed by atoms with E-state index in [4.69, 9.17) is 5.26 Å². The zero-order valence-corrected chi connectivity index (χ0v) is 13.2. The minimum atomic E-state index is -3.71. The van der Waals surface area contributed by atoms with Crippen molar-refractivity contribution in [3.63, 3.8) is 0 Å². The van der Waals surface area contributed by atoms with Crippen LogP contribution in [0.4, 0.5) is 4.39 Å². The third kappa shape index (κ3) is 2.94. The molecule has 2 rings (SSSR count). The van der Waals surface area contributed by atoms with Crippen LogP contribution >= 0.6 is 0 Å². The van der Waals surface area contributed by atoms with Crippen molar-refractivity contribution in [1.82, 2.24) is 4.31 Å². The third-order valence-corrected chi connectivity index (χ3v) is 6.16. The molecule has 1 aliphatic heterocycles. The Hall–Kier alpha value is -1.45. The molecule has 1 aliphatic rings. The number of hydrogen-bond acceptors (Lipinski definition) is 3. The highest BCUT2D eigenvalue weighted by atomic mass is 32.2. The average molecular weight is 310 g/mol. The lowest BCUT2D eigenvalue weighted by atomic mass is 9.88. The van der Waals surface area contributed by atoms with Crippen LogP contribution in [-0.4, -0.2) is 25.3 Å². The quantitative estimate of drug-likeness (QED) is 0.844. The molecule has 21 heavy (non-hydrogen) atoms. The van der Waals surface area contributed by atoms with E-state index in [1.165, 1.54) is 10.4 Å². The molecule has 114 valence electrons. The Morgan fingerprint density at radius 1 is 1.33 bits per heavy atom. The number of rotatable bonds is 2. The van der Waals surface area contributed by atoms with Crippen molar-refractivity contribution >= 4 is 10.0 Å². The van der Waals surface area contributed by atoms with Gasteiger partial charge in [-0.25, -0.2) is 12.8 Å². The van der Waals surface area contributed by atoms with E-state index in [1.807, 2.05) is 20.8 Å². The predicted molar refractivity (Wildman–Crippen MR) is 77.4 cm³/mol. The number of piperidine rings is 1. The van der Waals surface area contributed by atoms with Crippen LogP contribution in [0, 0.1) is 29.0 Å². The maximum atomic E-state index is 13.4. The monoisotopic (exact) mass is 310 g/mol. The number of halogens is 1. The van der Waals surface area contributed by atoms with Crippen molar-refractivity contribution in [2.24, 2.45) is 11.8 Å². The van der Waals surface area contributed by atoms with Crippen LogP contribution in [0.15, 0.2) is 23.1 Å². The van der Waals surface area contributed by atoms with Gasteiger partial charge in [0, 0.05) is 12.6 Å².